The van der Waals surface area contributed by atoms with E-state index >= 15 is 0 Å². The van der Waals surface area contributed by atoms with E-state index in [2.05, 4.69) is 26.0 Å². The van der Waals surface area contributed by atoms with Crippen LogP contribution in [-0.2, 0) is 0 Å². The quantitative estimate of drug-likeness (QED) is 0.147. The highest BCUT2D eigenvalue weighted by Gasteiger charge is 2.02. The molecule has 0 unspecified atom stereocenters. The topological polar surface area (TPSA) is 26.0 Å². The maximum Gasteiger partial charge on any atom is -0.00773 e. The molecular formula is C26H53N. The predicted octanol–water partition coefficient (Wildman–Crippen LogP) is 8.96. The minimum atomic E-state index is 0.868. The van der Waals surface area contributed by atoms with Gasteiger partial charge in [0.05, 0.1) is 0 Å². The van der Waals surface area contributed by atoms with Crippen LogP contribution < -0.4 is 5.73 Å². The Bertz CT molecular complexity index is 280. The van der Waals surface area contributed by atoms with E-state index in [1.54, 1.807) is 0 Å². The van der Waals surface area contributed by atoms with Crippen molar-refractivity contribution in [2.75, 3.05) is 6.54 Å². The van der Waals surface area contributed by atoms with E-state index in [4.69, 9.17) is 5.73 Å². The third-order valence-corrected chi connectivity index (χ3v) is 6.13. The van der Waals surface area contributed by atoms with E-state index in [-0.39, 0.29) is 0 Å². The molecule has 0 aliphatic rings. The van der Waals surface area contributed by atoms with Crippen LogP contribution in [0.2, 0.25) is 0 Å². The van der Waals surface area contributed by atoms with Crippen LogP contribution in [0.3, 0.4) is 0 Å². The molecule has 0 aromatic carbocycles. The Morgan fingerprint density at radius 1 is 0.519 bits per heavy atom. The van der Waals surface area contributed by atoms with Crippen LogP contribution in [0.4, 0.5) is 0 Å². The van der Waals surface area contributed by atoms with Gasteiger partial charge in [-0.15, -0.1) is 0 Å². The second-order valence-electron chi connectivity index (χ2n) is 8.61. The second-order valence-corrected chi connectivity index (χ2v) is 8.61. The van der Waals surface area contributed by atoms with Gasteiger partial charge >= 0.3 is 0 Å². The molecule has 0 radical (unpaired) electrons. The normalized spacial score (nSPS) is 11.9. The molecule has 0 heterocycles. The van der Waals surface area contributed by atoms with E-state index in [9.17, 15) is 0 Å². The van der Waals surface area contributed by atoms with E-state index < -0.39 is 0 Å². The van der Waals surface area contributed by atoms with Gasteiger partial charge in [0.2, 0.25) is 0 Å². The highest BCUT2D eigenvalue weighted by atomic mass is 14.5. The van der Waals surface area contributed by atoms with Crippen LogP contribution in [0.15, 0.2) is 12.2 Å². The summed E-state index contributed by atoms with van der Waals surface area (Å²) in [5.41, 5.74) is 5.52. The number of allylic oxidation sites excluding steroid dienone is 2. The second kappa shape index (κ2) is 23.7. The largest absolute Gasteiger partial charge is 0.330 e. The molecular weight excluding hydrogens is 326 g/mol. The van der Waals surface area contributed by atoms with Crippen molar-refractivity contribution < 1.29 is 0 Å². The van der Waals surface area contributed by atoms with E-state index in [0.717, 1.165) is 12.5 Å². The summed E-state index contributed by atoms with van der Waals surface area (Å²) in [7, 11) is 0. The Balaban J connectivity index is 3.13. The van der Waals surface area contributed by atoms with Crippen LogP contribution >= 0.6 is 0 Å². The summed E-state index contributed by atoms with van der Waals surface area (Å²) in [6.45, 7) is 5.55. The fraction of sp³-hybridized carbons (Fsp3) is 0.923. The first-order chi connectivity index (χ1) is 13.3. The maximum atomic E-state index is 5.52. The smallest absolute Gasteiger partial charge is 0.00773 e. The lowest BCUT2D eigenvalue weighted by atomic mass is 9.96. The third kappa shape index (κ3) is 21.9. The number of rotatable bonds is 22. The summed E-state index contributed by atoms with van der Waals surface area (Å²) in [6, 6.07) is 0. The van der Waals surface area contributed by atoms with Crippen LogP contribution in [0.5, 0.6) is 0 Å². The third-order valence-electron chi connectivity index (χ3n) is 6.13. The number of hydrogen-bond acceptors (Lipinski definition) is 1. The Morgan fingerprint density at radius 3 is 1.30 bits per heavy atom. The highest BCUT2D eigenvalue weighted by Crippen LogP contribution is 2.17. The summed E-state index contributed by atoms with van der Waals surface area (Å²) in [6.07, 6.45) is 32.8. The molecule has 0 saturated heterocycles. The molecule has 27 heavy (non-hydrogen) atoms. The van der Waals surface area contributed by atoms with Gasteiger partial charge in [-0.25, -0.2) is 0 Å². The fourth-order valence-corrected chi connectivity index (χ4v) is 3.98. The van der Waals surface area contributed by atoms with E-state index in [0.29, 0.717) is 0 Å². The first-order valence-electron chi connectivity index (χ1n) is 12.7. The van der Waals surface area contributed by atoms with Crippen LogP contribution in [0.25, 0.3) is 0 Å². The molecule has 162 valence electrons. The molecule has 0 atom stereocenters. The zero-order valence-electron chi connectivity index (χ0n) is 19.2. The van der Waals surface area contributed by atoms with Crippen molar-refractivity contribution in [3.63, 3.8) is 0 Å². The Hall–Kier alpha value is -0.300. The number of unbranched alkanes of at least 4 members (excludes halogenated alkanes) is 15. The van der Waals surface area contributed by atoms with Gasteiger partial charge in [0, 0.05) is 0 Å². The van der Waals surface area contributed by atoms with Crippen LogP contribution in [0.1, 0.15) is 142 Å². The lowest BCUT2D eigenvalue weighted by Crippen LogP contribution is -1.97. The molecule has 0 saturated carbocycles. The van der Waals surface area contributed by atoms with Gasteiger partial charge in [-0.3, -0.25) is 0 Å². The lowest BCUT2D eigenvalue weighted by molar-refractivity contribution is 0.427. The van der Waals surface area contributed by atoms with Crippen molar-refractivity contribution in [1.29, 1.82) is 0 Å². The molecule has 0 spiro atoms. The molecule has 0 amide bonds. The van der Waals surface area contributed by atoms with Crippen LogP contribution in [-0.4, -0.2) is 6.54 Å². The van der Waals surface area contributed by atoms with Crippen molar-refractivity contribution in [3.05, 3.63) is 12.2 Å². The molecule has 2 N–H and O–H groups in total. The summed E-state index contributed by atoms with van der Waals surface area (Å²) in [5.74, 6) is 0.986. The molecule has 1 heteroatoms. The molecule has 0 aliphatic carbocycles. The van der Waals surface area contributed by atoms with Gasteiger partial charge in [0.25, 0.3) is 0 Å². The standard InChI is InChI=1S/C26H53N/c1-3-26(4-2)24-22-20-18-16-14-12-10-8-6-5-7-9-11-13-15-17-19-21-23-25-27/h8,10,26H,3-7,9,11-25,27H2,1-2H3. The van der Waals surface area contributed by atoms with Crippen molar-refractivity contribution in [1.82, 2.24) is 0 Å². The summed E-state index contributed by atoms with van der Waals surface area (Å²) in [4.78, 5) is 0. The number of hydrogen-bond donors (Lipinski definition) is 1. The van der Waals surface area contributed by atoms with Crippen molar-refractivity contribution in [2.45, 2.75) is 142 Å². The van der Waals surface area contributed by atoms with Crippen LogP contribution in [0, 0.1) is 5.92 Å². The molecule has 0 bridgehead atoms. The van der Waals surface area contributed by atoms with Gasteiger partial charge < -0.3 is 5.73 Å². The maximum absolute atomic E-state index is 5.52. The molecule has 0 fully saturated rings. The van der Waals surface area contributed by atoms with E-state index in [1.165, 1.54) is 128 Å². The van der Waals surface area contributed by atoms with Gasteiger partial charge in [-0.05, 0) is 44.6 Å². The van der Waals surface area contributed by atoms with Crippen molar-refractivity contribution >= 4 is 0 Å². The highest BCUT2D eigenvalue weighted by molar-refractivity contribution is 4.81. The summed E-state index contributed by atoms with van der Waals surface area (Å²) >= 11 is 0. The van der Waals surface area contributed by atoms with Crippen molar-refractivity contribution in [2.24, 2.45) is 11.7 Å². The Kier molecular flexibility index (Phi) is 23.5. The molecule has 0 aliphatic heterocycles. The Labute approximate surface area is 173 Å². The minimum Gasteiger partial charge on any atom is -0.330 e. The van der Waals surface area contributed by atoms with Gasteiger partial charge in [-0.1, -0.05) is 122 Å². The fourth-order valence-electron chi connectivity index (χ4n) is 3.98. The first kappa shape index (κ1) is 26.7. The van der Waals surface area contributed by atoms with Gasteiger partial charge in [0.1, 0.15) is 0 Å². The SMILES string of the molecule is CCC(CC)CCCCCCCC=CCCCCCCCCCCCCN. The first-order valence-corrected chi connectivity index (χ1v) is 12.7. The zero-order valence-corrected chi connectivity index (χ0v) is 19.2. The molecule has 0 rings (SSSR count). The zero-order chi connectivity index (χ0) is 19.8. The molecule has 0 aromatic rings. The van der Waals surface area contributed by atoms with Gasteiger partial charge in [0.15, 0.2) is 0 Å². The Morgan fingerprint density at radius 2 is 0.889 bits per heavy atom. The lowest BCUT2D eigenvalue weighted by Gasteiger charge is -2.11. The van der Waals surface area contributed by atoms with Crippen molar-refractivity contribution in [3.8, 4) is 0 Å². The molecule has 0 aromatic heterocycles. The average Bonchev–Trinajstić information content (AvgIpc) is 2.69. The monoisotopic (exact) mass is 379 g/mol. The van der Waals surface area contributed by atoms with Gasteiger partial charge in [-0.2, -0.15) is 0 Å². The summed E-state index contributed by atoms with van der Waals surface area (Å²) in [5, 5.41) is 0. The molecule has 1 nitrogen and oxygen atoms in total. The predicted molar refractivity (Wildman–Crippen MR) is 125 cm³/mol. The number of nitrogens with two attached hydrogens (primary N) is 1. The van der Waals surface area contributed by atoms with E-state index in [1.807, 2.05) is 0 Å². The average molecular weight is 380 g/mol. The summed E-state index contributed by atoms with van der Waals surface area (Å²) < 4.78 is 0. The minimum absolute atomic E-state index is 0.868.